The van der Waals surface area contributed by atoms with Crippen LogP contribution in [0.25, 0.3) is 0 Å². The third kappa shape index (κ3) is 17.0. The van der Waals surface area contributed by atoms with Crippen LogP contribution in [0.1, 0.15) is 0 Å². The van der Waals surface area contributed by atoms with E-state index >= 15 is 0 Å². The summed E-state index contributed by atoms with van der Waals surface area (Å²) in [5, 5.41) is 2.08. The van der Waals surface area contributed by atoms with Gasteiger partial charge in [-0.1, -0.05) is 0 Å². The maximum atomic E-state index is 5.75. The normalized spacial score (nSPS) is 10.7. The fourth-order valence-corrected chi connectivity index (χ4v) is 8.15. The monoisotopic (exact) mass is 887 g/mol. The van der Waals surface area contributed by atoms with E-state index in [1.54, 1.807) is 48.5 Å². The van der Waals surface area contributed by atoms with E-state index < -0.39 is 34.3 Å². The molecular formula is C18H12Cl12Se3. The van der Waals surface area contributed by atoms with Crippen molar-refractivity contribution in [1.29, 1.82) is 0 Å². The minimum absolute atomic E-state index is 0. The van der Waals surface area contributed by atoms with Gasteiger partial charge in [0.2, 0.25) is 0 Å². The first kappa shape index (κ1) is 37.8. The molecule has 0 N–H and O–H groups in total. The first-order chi connectivity index (χ1) is 14.4. The second-order valence-corrected chi connectivity index (χ2v) is 30.7. The van der Waals surface area contributed by atoms with E-state index in [1.807, 2.05) is 24.3 Å². The SMILES string of the molecule is Clc1ccc([Se+](Cl)Cl)cc1.Clc1ccc([Se+](Cl)Cl)cc1.Clc1ccc([Se](Cl)(Cl)Cl)cc1.[Cl-].[Cl-]. The van der Waals surface area contributed by atoms with Crippen molar-refractivity contribution in [3.05, 3.63) is 87.9 Å². The topological polar surface area (TPSA) is 0 Å². The van der Waals surface area contributed by atoms with Gasteiger partial charge in [-0.15, -0.1) is 0 Å². The zero-order valence-electron chi connectivity index (χ0n) is 15.7. The minimum atomic E-state index is -2.87. The Hall–Kier alpha value is 2.70. The van der Waals surface area contributed by atoms with Crippen molar-refractivity contribution >= 4 is 153 Å². The quantitative estimate of drug-likeness (QED) is 0.355. The largest absolute Gasteiger partial charge is 1.00 e. The molecule has 0 saturated carbocycles. The van der Waals surface area contributed by atoms with E-state index in [1.165, 1.54) is 0 Å². The molecule has 0 spiro atoms. The van der Waals surface area contributed by atoms with Crippen LogP contribution in [0.2, 0.25) is 15.1 Å². The van der Waals surface area contributed by atoms with Gasteiger partial charge < -0.3 is 24.8 Å². The van der Waals surface area contributed by atoms with Gasteiger partial charge in [0.25, 0.3) is 0 Å². The molecule has 186 valence electrons. The summed E-state index contributed by atoms with van der Waals surface area (Å²) in [6, 6.07) is 21.5. The Morgan fingerprint density at radius 1 is 0.455 bits per heavy atom. The molecule has 0 unspecified atom stereocenters. The van der Waals surface area contributed by atoms with E-state index in [9.17, 15) is 0 Å². The van der Waals surface area contributed by atoms with Crippen molar-refractivity contribution in [3.63, 3.8) is 0 Å². The summed E-state index contributed by atoms with van der Waals surface area (Å²) < 4.78 is 2.76. The Balaban J connectivity index is 0. The van der Waals surface area contributed by atoms with Crippen LogP contribution < -0.4 is 38.2 Å². The van der Waals surface area contributed by atoms with Crippen molar-refractivity contribution in [2.75, 3.05) is 0 Å². The molecule has 0 aromatic heterocycles. The zero-order valence-corrected chi connectivity index (χ0v) is 29.9. The van der Waals surface area contributed by atoms with Gasteiger partial charge in [-0.05, 0) is 0 Å². The molecule has 0 aliphatic heterocycles. The van der Waals surface area contributed by atoms with Crippen LogP contribution >= 0.6 is 105 Å². The second kappa shape index (κ2) is 19.7. The number of halogens is 12. The number of hydrogen-bond acceptors (Lipinski definition) is 0. The molecule has 0 saturated heterocycles. The van der Waals surface area contributed by atoms with Gasteiger partial charge in [0.1, 0.15) is 0 Å². The summed E-state index contributed by atoms with van der Waals surface area (Å²) in [5.74, 6) is 0. The van der Waals surface area contributed by atoms with Crippen molar-refractivity contribution in [2.45, 2.75) is 0 Å². The third-order valence-electron chi connectivity index (χ3n) is 3.06. The van der Waals surface area contributed by atoms with E-state index in [-0.39, 0.29) is 24.8 Å². The zero-order chi connectivity index (χ0) is 23.6. The van der Waals surface area contributed by atoms with Gasteiger partial charge in [0, 0.05) is 0 Å². The minimum Gasteiger partial charge on any atom is -1.00 e. The van der Waals surface area contributed by atoms with Crippen LogP contribution in [0.5, 0.6) is 0 Å². The number of benzene rings is 3. The van der Waals surface area contributed by atoms with Crippen molar-refractivity contribution < 1.29 is 24.8 Å². The summed E-state index contributed by atoms with van der Waals surface area (Å²) in [6.45, 7) is 0. The first-order valence-electron chi connectivity index (χ1n) is 7.72. The predicted octanol–water partition coefficient (Wildman–Crippen LogP) is 2.24. The average Bonchev–Trinajstić information content (AvgIpc) is 2.69. The van der Waals surface area contributed by atoms with Gasteiger partial charge >= 0.3 is 241 Å². The van der Waals surface area contributed by atoms with E-state index in [0.717, 1.165) is 13.4 Å². The Kier molecular flexibility index (Phi) is 22.6. The van der Waals surface area contributed by atoms with Crippen molar-refractivity contribution in [3.8, 4) is 0 Å². The first-order valence-corrected chi connectivity index (χ1v) is 27.2. The molecule has 0 atom stereocenters. The molecule has 0 fully saturated rings. The Morgan fingerprint density at radius 2 is 0.697 bits per heavy atom. The van der Waals surface area contributed by atoms with Gasteiger partial charge in [-0.25, -0.2) is 0 Å². The molecule has 0 aliphatic carbocycles. The molecular weight excluding hydrogens is 879 g/mol. The molecule has 0 bridgehead atoms. The van der Waals surface area contributed by atoms with Gasteiger partial charge in [-0.2, -0.15) is 0 Å². The molecule has 0 radical (unpaired) electrons. The summed E-state index contributed by atoms with van der Waals surface area (Å²) in [5.41, 5.74) is 0. The molecule has 0 aliphatic rings. The Labute approximate surface area is 262 Å². The summed E-state index contributed by atoms with van der Waals surface area (Å²) in [4.78, 5) is 0. The smallest absolute Gasteiger partial charge is 1.00 e. The molecule has 33 heavy (non-hydrogen) atoms. The Morgan fingerprint density at radius 3 is 0.909 bits per heavy atom. The second-order valence-electron chi connectivity index (χ2n) is 5.19. The van der Waals surface area contributed by atoms with Crippen molar-refractivity contribution in [2.24, 2.45) is 0 Å². The Bertz CT molecular complexity index is 849. The average molecular weight is 891 g/mol. The van der Waals surface area contributed by atoms with Crippen LogP contribution in [0.4, 0.5) is 0 Å². The summed E-state index contributed by atoms with van der Waals surface area (Å²) in [7, 11) is 37.2. The maximum absolute atomic E-state index is 5.75. The van der Waals surface area contributed by atoms with E-state index in [2.05, 4.69) is 0 Å². The molecule has 0 heterocycles. The summed E-state index contributed by atoms with van der Waals surface area (Å²) in [6.07, 6.45) is 0. The van der Waals surface area contributed by atoms with Crippen LogP contribution in [-0.2, 0) is 0 Å². The number of rotatable bonds is 3. The fourth-order valence-electron chi connectivity index (χ4n) is 1.66. The summed E-state index contributed by atoms with van der Waals surface area (Å²) >= 11 is 13.9. The van der Waals surface area contributed by atoms with Crippen molar-refractivity contribution in [1.82, 2.24) is 0 Å². The fraction of sp³-hybridized carbons (Fsp3) is 0. The third-order valence-corrected chi connectivity index (χ3v) is 14.6. The van der Waals surface area contributed by atoms with Crippen LogP contribution in [0, 0.1) is 0 Å². The molecule has 15 heteroatoms. The maximum Gasteiger partial charge on any atom is -1.00 e. The predicted molar refractivity (Wildman–Crippen MR) is 151 cm³/mol. The molecule has 3 rings (SSSR count). The van der Waals surface area contributed by atoms with E-state index in [0.29, 0.717) is 15.1 Å². The molecule has 0 amide bonds. The van der Waals surface area contributed by atoms with Gasteiger partial charge in [-0.3, -0.25) is 0 Å². The molecule has 0 nitrogen and oxygen atoms in total. The van der Waals surface area contributed by atoms with Gasteiger partial charge in [0.05, 0.1) is 0 Å². The van der Waals surface area contributed by atoms with E-state index in [4.69, 9.17) is 105 Å². The molecule has 3 aromatic rings. The standard InChI is InChI=1S/C6H4Cl4Se.2C6H4Cl3Se.2ClH/c7-5-1-3-6(4-2-5)11(8,9)10;2*7-5-1-3-6(4-2-5)10(8)9;;/h1-4H;2*1-4H;2*1H/q;2*+1;;/p-2. The van der Waals surface area contributed by atoms with Crippen LogP contribution in [-0.4, -0.2) is 34.3 Å². The van der Waals surface area contributed by atoms with Crippen LogP contribution in [0.3, 0.4) is 0 Å². The number of hydrogen-bond donors (Lipinski definition) is 0. The van der Waals surface area contributed by atoms with Crippen LogP contribution in [0.15, 0.2) is 72.8 Å². The molecule has 3 aromatic carbocycles. The van der Waals surface area contributed by atoms with Gasteiger partial charge in [0.15, 0.2) is 0 Å².